The molecule has 2 N–H and O–H groups in total. The average molecular weight is 268 g/mol. The van der Waals surface area contributed by atoms with Crippen molar-refractivity contribution in [3.05, 3.63) is 0 Å². The molecule has 1 aliphatic carbocycles. The Balaban J connectivity index is 2.11. The average Bonchev–Trinajstić information content (AvgIpc) is 2.63. The minimum Gasteiger partial charge on any atom is -0.356 e. The number of hydrogen-bond donors (Lipinski definition) is 2. The molecular formula is C16H32N2O. The number of nitrogens with one attached hydrogen (secondary N) is 2. The van der Waals surface area contributed by atoms with Gasteiger partial charge in [0, 0.05) is 25.6 Å². The summed E-state index contributed by atoms with van der Waals surface area (Å²) in [6.45, 7) is 6.01. The molecule has 0 bridgehead atoms. The Labute approximate surface area is 118 Å². The highest BCUT2D eigenvalue weighted by molar-refractivity contribution is 5.75. The number of carbonyl (C=O) groups excluding carboxylic acids is 1. The van der Waals surface area contributed by atoms with E-state index in [4.69, 9.17) is 0 Å². The largest absolute Gasteiger partial charge is 0.356 e. The van der Waals surface area contributed by atoms with Crippen LogP contribution in [-0.2, 0) is 4.79 Å². The van der Waals surface area contributed by atoms with Crippen LogP contribution in [0.1, 0.15) is 71.6 Å². The van der Waals surface area contributed by atoms with Crippen molar-refractivity contribution in [3.8, 4) is 0 Å². The Morgan fingerprint density at radius 1 is 1.05 bits per heavy atom. The molecule has 0 aliphatic heterocycles. The van der Waals surface area contributed by atoms with Crippen LogP contribution in [0, 0.1) is 5.92 Å². The zero-order chi connectivity index (χ0) is 13.9. The first-order chi connectivity index (χ1) is 9.26. The molecule has 1 fully saturated rings. The molecule has 1 rings (SSSR count). The van der Waals surface area contributed by atoms with E-state index in [1.165, 1.54) is 44.9 Å². The Hall–Kier alpha value is -0.570. The van der Waals surface area contributed by atoms with E-state index in [0.717, 1.165) is 25.4 Å². The second-order valence-electron chi connectivity index (χ2n) is 5.91. The lowest BCUT2D eigenvalue weighted by atomic mass is 9.95. The van der Waals surface area contributed by atoms with Crippen molar-refractivity contribution in [2.75, 3.05) is 13.1 Å². The maximum Gasteiger partial charge on any atom is 0.221 e. The van der Waals surface area contributed by atoms with Gasteiger partial charge in [0.05, 0.1) is 0 Å². The second-order valence-corrected chi connectivity index (χ2v) is 5.91. The van der Waals surface area contributed by atoms with Gasteiger partial charge in [0.15, 0.2) is 0 Å². The number of amides is 1. The summed E-state index contributed by atoms with van der Waals surface area (Å²) >= 11 is 0. The molecule has 1 amide bonds. The molecule has 2 unspecified atom stereocenters. The third kappa shape index (κ3) is 7.56. The molecule has 1 saturated carbocycles. The van der Waals surface area contributed by atoms with Gasteiger partial charge in [-0.15, -0.1) is 0 Å². The van der Waals surface area contributed by atoms with Gasteiger partial charge in [0.2, 0.25) is 5.91 Å². The van der Waals surface area contributed by atoms with E-state index in [1.807, 2.05) is 0 Å². The van der Waals surface area contributed by atoms with Crippen molar-refractivity contribution in [2.45, 2.75) is 77.7 Å². The van der Waals surface area contributed by atoms with E-state index in [2.05, 4.69) is 24.5 Å². The monoisotopic (exact) mass is 268 g/mol. The number of carbonyl (C=O) groups is 1. The Morgan fingerprint density at radius 3 is 2.63 bits per heavy atom. The third-order valence-electron chi connectivity index (χ3n) is 4.14. The predicted molar refractivity (Wildman–Crippen MR) is 81.2 cm³/mol. The maximum absolute atomic E-state index is 11.5. The molecule has 1 aliphatic rings. The zero-order valence-electron chi connectivity index (χ0n) is 12.8. The van der Waals surface area contributed by atoms with Crippen LogP contribution in [0.3, 0.4) is 0 Å². The van der Waals surface area contributed by atoms with Gasteiger partial charge < -0.3 is 10.6 Å². The molecule has 3 heteroatoms. The van der Waals surface area contributed by atoms with Crippen molar-refractivity contribution in [2.24, 2.45) is 5.92 Å². The van der Waals surface area contributed by atoms with Crippen molar-refractivity contribution < 1.29 is 4.79 Å². The van der Waals surface area contributed by atoms with Gasteiger partial charge in [-0.3, -0.25) is 4.79 Å². The lowest BCUT2D eigenvalue weighted by Gasteiger charge is -2.16. The van der Waals surface area contributed by atoms with E-state index in [-0.39, 0.29) is 5.91 Å². The number of rotatable bonds is 8. The summed E-state index contributed by atoms with van der Waals surface area (Å²) in [4.78, 5) is 11.5. The summed E-state index contributed by atoms with van der Waals surface area (Å²) in [5.74, 6) is 1.14. The zero-order valence-corrected chi connectivity index (χ0v) is 12.8. The fourth-order valence-corrected chi connectivity index (χ4v) is 3.02. The molecule has 3 nitrogen and oxygen atoms in total. The van der Waals surface area contributed by atoms with Gasteiger partial charge in [0.1, 0.15) is 0 Å². The molecule has 0 radical (unpaired) electrons. The maximum atomic E-state index is 11.5. The molecule has 112 valence electrons. The van der Waals surface area contributed by atoms with Crippen molar-refractivity contribution >= 4 is 5.91 Å². The fourth-order valence-electron chi connectivity index (χ4n) is 3.02. The Bertz CT molecular complexity index is 243. The van der Waals surface area contributed by atoms with E-state index in [0.29, 0.717) is 12.5 Å². The van der Waals surface area contributed by atoms with Gasteiger partial charge in [0.25, 0.3) is 0 Å². The fraction of sp³-hybridized carbons (Fsp3) is 0.938. The van der Waals surface area contributed by atoms with Gasteiger partial charge in [-0.1, -0.05) is 39.5 Å². The van der Waals surface area contributed by atoms with E-state index in [9.17, 15) is 4.79 Å². The standard InChI is InChI=1S/C16H32N2O/c1-3-6-14-7-5-8-15(10-9-14)17-13-11-16(19)18-12-4-2/h14-15,17H,3-13H2,1-2H3,(H,18,19). The van der Waals surface area contributed by atoms with Gasteiger partial charge >= 0.3 is 0 Å². The van der Waals surface area contributed by atoms with Crippen molar-refractivity contribution in [1.82, 2.24) is 10.6 Å². The van der Waals surface area contributed by atoms with Crippen molar-refractivity contribution in [3.63, 3.8) is 0 Å². The van der Waals surface area contributed by atoms with E-state index >= 15 is 0 Å². The Kier molecular flexibility index (Phi) is 8.89. The topological polar surface area (TPSA) is 41.1 Å². The third-order valence-corrected chi connectivity index (χ3v) is 4.14. The summed E-state index contributed by atoms with van der Waals surface area (Å²) in [7, 11) is 0. The first kappa shape index (κ1) is 16.5. The van der Waals surface area contributed by atoms with Crippen LogP contribution in [0.2, 0.25) is 0 Å². The molecule has 0 spiro atoms. The van der Waals surface area contributed by atoms with E-state index in [1.54, 1.807) is 0 Å². The summed E-state index contributed by atoms with van der Waals surface area (Å²) < 4.78 is 0. The summed E-state index contributed by atoms with van der Waals surface area (Å²) in [6, 6.07) is 0.640. The molecule has 0 aromatic heterocycles. The molecule has 19 heavy (non-hydrogen) atoms. The van der Waals surface area contributed by atoms with Crippen molar-refractivity contribution in [1.29, 1.82) is 0 Å². The minimum atomic E-state index is 0.187. The van der Waals surface area contributed by atoms with Crippen LogP contribution in [0.4, 0.5) is 0 Å². The van der Waals surface area contributed by atoms with Crippen LogP contribution in [-0.4, -0.2) is 25.0 Å². The van der Waals surface area contributed by atoms with Crippen LogP contribution >= 0.6 is 0 Å². The summed E-state index contributed by atoms with van der Waals surface area (Å²) in [5.41, 5.74) is 0. The second kappa shape index (κ2) is 10.2. The first-order valence-corrected chi connectivity index (χ1v) is 8.26. The van der Waals surface area contributed by atoms with Crippen LogP contribution in [0.5, 0.6) is 0 Å². The molecule has 2 atom stereocenters. The highest BCUT2D eigenvalue weighted by Gasteiger charge is 2.17. The smallest absolute Gasteiger partial charge is 0.221 e. The highest BCUT2D eigenvalue weighted by atomic mass is 16.1. The van der Waals surface area contributed by atoms with Crippen LogP contribution in [0.25, 0.3) is 0 Å². The van der Waals surface area contributed by atoms with Crippen LogP contribution in [0.15, 0.2) is 0 Å². The summed E-state index contributed by atoms with van der Waals surface area (Å²) in [5, 5.41) is 6.50. The Morgan fingerprint density at radius 2 is 1.89 bits per heavy atom. The first-order valence-electron chi connectivity index (χ1n) is 8.26. The van der Waals surface area contributed by atoms with E-state index < -0.39 is 0 Å². The molecule has 0 aromatic carbocycles. The molecule has 0 aromatic rings. The predicted octanol–water partition coefficient (Wildman–Crippen LogP) is 3.24. The quantitative estimate of drug-likeness (QED) is 0.664. The SMILES string of the molecule is CCCNC(=O)CCNC1CCCC(CCC)CC1. The molecule has 0 saturated heterocycles. The molecular weight excluding hydrogens is 236 g/mol. The normalized spacial score (nSPS) is 23.9. The highest BCUT2D eigenvalue weighted by Crippen LogP contribution is 2.26. The van der Waals surface area contributed by atoms with Gasteiger partial charge in [-0.25, -0.2) is 0 Å². The lowest BCUT2D eigenvalue weighted by Crippen LogP contribution is -2.33. The van der Waals surface area contributed by atoms with Gasteiger partial charge in [-0.2, -0.15) is 0 Å². The minimum absolute atomic E-state index is 0.187. The summed E-state index contributed by atoms with van der Waals surface area (Å²) in [6.07, 6.45) is 11.1. The number of hydrogen-bond acceptors (Lipinski definition) is 2. The van der Waals surface area contributed by atoms with Crippen LogP contribution < -0.4 is 10.6 Å². The van der Waals surface area contributed by atoms with Gasteiger partial charge in [-0.05, 0) is 31.6 Å². The molecule has 0 heterocycles. The lowest BCUT2D eigenvalue weighted by molar-refractivity contribution is -0.121.